The van der Waals surface area contributed by atoms with E-state index < -0.39 is 0 Å². The molecule has 0 aliphatic carbocycles. The molecule has 1 aliphatic heterocycles. The quantitative estimate of drug-likeness (QED) is 0.640. The molecular weight excluding hydrogens is 367 g/mol. The summed E-state index contributed by atoms with van der Waals surface area (Å²) in [4.78, 5) is 4.70. The van der Waals surface area contributed by atoms with E-state index in [2.05, 4.69) is 44.5 Å². The van der Waals surface area contributed by atoms with Gasteiger partial charge in [-0.15, -0.1) is 5.10 Å². The van der Waals surface area contributed by atoms with E-state index in [4.69, 9.17) is 1.37 Å². The summed E-state index contributed by atoms with van der Waals surface area (Å²) in [5.74, 6) is 0.580. The second-order valence-electron chi connectivity index (χ2n) is 7.29. The molecule has 0 spiro atoms. The summed E-state index contributed by atoms with van der Waals surface area (Å²) in [7, 11) is 3.38. The third kappa shape index (κ3) is 5.05. The third-order valence-electron chi connectivity index (χ3n) is 5.35. The van der Waals surface area contributed by atoms with Crippen LogP contribution in [0.5, 0.6) is 0 Å². The van der Waals surface area contributed by atoms with E-state index in [-0.39, 0.29) is 11.9 Å². The average Bonchev–Trinajstić information content (AvgIpc) is 3.25. The fourth-order valence-electron chi connectivity index (χ4n) is 3.69. The lowest BCUT2D eigenvalue weighted by molar-refractivity contribution is 0.121. The molecule has 2 aromatic carbocycles. The highest BCUT2D eigenvalue weighted by Gasteiger charge is 2.29. The number of benzene rings is 2. The van der Waals surface area contributed by atoms with Gasteiger partial charge in [-0.2, -0.15) is 0 Å². The lowest BCUT2D eigenvalue weighted by Crippen LogP contribution is -2.46. The second-order valence-corrected chi connectivity index (χ2v) is 7.29. The van der Waals surface area contributed by atoms with E-state index in [9.17, 15) is 4.39 Å². The summed E-state index contributed by atoms with van der Waals surface area (Å²) in [6.45, 7) is 4.53. The summed E-state index contributed by atoms with van der Waals surface area (Å²) in [5, 5.41) is 12.6. The lowest BCUT2D eigenvalue weighted by atomic mass is 10.0. The molecule has 4 rings (SSSR count). The predicted molar refractivity (Wildman–Crippen MR) is 112 cm³/mol. The normalized spacial score (nSPS) is 16.6. The molecule has 1 aliphatic rings. The van der Waals surface area contributed by atoms with E-state index >= 15 is 0 Å². The molecule has 0 bridgehead atoms. The predicted octanol–water partition coefficient (Wildman–Crippen LogP) is 3.03. The first-order valence-corrected chi connectivity index (χ1v) is 9.69. The number of aryl methyl sites for hydroxylation is 2. The van der Waals surface area contributed by atoms with Crippen LogP contribution in [0, 0.1) is 5.82 Å². The van der Waals surface area contributed by atoms with Gasteiger partial charge in [-0.1, -0.05) is 49.9 Å². The summed E-state index contributed by atoms with van der Waals surface area (Å²) >= 11 is 0. The Kier molecular flexibility index (Phi) is 6.59. The summed E-state index contributed by atoms with van der Waals surface area (Å²) in [5.41, 5.74) is 2.27. The zero-order chi connectivity index (χ0) is 21.3. The minimum atomic E-state index is -0.232. The molecule has 154 valence electrons. The highest BCUT2D eigenvalue weighted by Crippen LogP contribution is 2.28. The van der Waals surface area contributed by atoms with Gasteiger partial charge in [0.15, 0.2) is 5.82 Å². The van der Waals surface area contributed by atoms with Crippen molar-refractivity contribution in [2.24, 2.45) is 0 Å². The first kappa shape index (κ1) is 19.7. The Morgan fingerprint density at radius 2 is 1.72 bits per heavy atom. The topological polar surface area (TPSA) is 50.1 Å². The zero-order valence-electron chi connectivity index (χ0n) is 18.1. The van der Waals surface area contributed by atoms with Crippen LogP contribution in [-0.4, -0.2) is 63.2 Å². The van der Waals surface area contributed by atoms with Crippen LogP contribution in [0.15, 0.2) is 54.6 Å². The Hall–Kier alpha value is -2.64. The zero-order valence-corrected chi connectivity index (χ0v) is 17.1. The second kappa shape index (κ2) is 9.71. The van der Waals surface area contributed by atoms with Gasteiger partial charge in [0.2, 0.25) is 0 Å². The largest absolute Gasteiger partial charge is 0.304 e. The van der Waals surface area contributed by atoms with Gasteiger partial charge in [0.25, 0.3) is 0 Å². The van der Waals surface area contributed by atoms with Gasteiger partial charge in [-0.3, -0.25) is 4.90 Å². The average molecular weight is 398 g/mol. The van der Waals surface area contributed by atoms with Crippen LogP contribution < -0.4 is 0 Å². The summed E-state index contributed by atoms with van der Waals surface area (Å²) < 4.78 is 21.1. The Morgan fingerprint density at radius 3 is 2.41 bits per heavy atom. The minimum absolute atomic E-state index is 0.0833. The lowest BCUT2D eigenvalue weighted by Gasteiger charge is -2.37. The fraction of sp³-hybridized carbons (Fsp3) is 0.409. The van der Waals surface area contributed by atoms with Crippen molar-refractivity contribution in [3.63, 3.8) is 0 Å². The van der Waals surface area contributed by atoms with Gasteiger partial charge >= 0.3 is 0 Å². The van der Waals surface area contributed by atoms with E-state index in [1.54, 1.807) is 0 Å². The first-order chi connectivity index (χ1) is 14.7. The van der Waals surface area contributed by atoms with Gasteiger partial charge in [0.05, 0.1) is 6.04 Å². The summed E-state index contributed by atoms with van der Waals surface area (Å²) in [6, 6.07) is 17.0. The SMILES string of the molecule is CN1CCN(C(c2ccc(F)cc2)c2nnnn2CCc2ccccc2)CC1.[2H]C. The molecule has 6 nitrogen and oxygen atoms in total. The summed E-state index contributed by atoms with van der Waals surface area (Å²) in [6.07, 6.45) is 0.859. The number of piperazine rings is 1. The van der Waals surface area contributed by atoms with Gasteiger partial charge in [0.1, 0.15) is 5.82 Å². The van der Waals surface area contributed by atoms with Crippen LogP contribution in [0.3, 0.4) is 0 Å². The van der Waals surface area contributed by atoms with E-state index in [1.165, 1.54) is 25.1 Å². The third-order valence-corrected chi connectivity index (χ3v) is 5.35. The molecule has 0 amide bonds. The molecule has 1 unspecified atom stereocenters. The van der Waals surface area contributed by atoms with Crippen molar-refractivity contribution >= 4 is 0 Å². The van der Waals surface area contributed by atoms with Crippen molar-refractivity contribution in [3.8, 4) is 0 Å². The van der Waals surface area contributed by atoms with Gasteiger partial charge in [-0.25, -0.2) is 9.07 Å². The minimum Gasteiger partial charge on any atom is -0.304 e. The number of hydrogen-bond acceptors (Lipinski definition) is 5. The van der Waals surface area contributed by atoms with Crippen molar-refractivity contribution in [1.82, 2.24) is 30.0 Å². The Labute approximate surface area is 173 Å². The highest BCUT2D eigenvalue weighted by atomic mass is 19.1. The number of aromatic nitrogens is 4. The molecular formula is C22H29FN6. The number of nitrogens with zero attached hydrogens (tertiary/aromatic N) is 6. The Bertz CT molecular complexity index is 878. The molecule has 29 heavy (non-hydrogen) atoms. The maximum atomic E-state index is 13.5. The number of halogens is 1. The van der Waals surface area contributed by atoms with Crippen LogP contribution in [0.1, 0.15) is 31.8 Å². The van der Waals surface area contributed by atoms with Crippen LogP contribution in [0.2, 0.25) is 0 Å². The molecule has 1 saturated heterocycles. The van der Waals surface area contributed by atoms with Crippen LogP contribution >= 0.6 is 0 Å². The molecule has 1 atom stereocenters. The van der Waals surface area contributed by atoms with Gasteiger partial charge in [-0.05, 0) is 47.2 Å². The molecule has 1 fully saturated rings. The van der Waals surface area contributed by atoms with Gasteiger partial charge in [0, 0.05) is 34.1 Å². The van der Waals surface area contributed by atoms with Crippen molar-refractivity contribution in [2.75, 3.05) is 33.2 Å². The van der Waals surface area contributed by atoms with Crippen LogP contribution in [0.4, 0.5) is 4.39 Å². The Balaban J connectivity index is 0.00000124. The van der Waals surface area contributed by atoms with E-state index in [0.717, 1.165) is 44.0 Å². The van der Waals surface area contributed by atoms with E-state index in [0.29, 0.717) is 6.54 Å². The molecule has 7 heteroatoms. The van der Waals surface area contributed by atoms with Crippen molar-refractivity contribution in [1.29, 1.82) is 0 Å². The van der Waals surface area contributed by atoms with Crippen molar-refractivity contribution in [2.45, 2.75) is 26.4 Å². The van der Waals surface area contributed by atoms with Gasteiger partial charge < -0.3 is 4.90 Å². The number of likely N-dealkylation sites (N-methyl/N-ethyl adjacent to an activating group) is 1. The van der Waals surface area contributed by atoms with Crippen molar-refractivity contribution in [3.05, 3.63) is 77.4 Å². The molecule has 0 radical (unpaired) electrons. The number of hydrogen-bond donors (Lipinski definition) is 0. The molecule has 1 aromatic heterocycles. The monoisotopic (exact) mass is 397 g/mol. The maximum Gasteiger partial charge on any atom is 0.173 e. The smallest absolute Gasteiger partial charge is 0.173 e. The standard InChI is InChI=1S/C21H25FN6.CH4/c1-26-13-15-27(16-14-26)20(18-7-9-19(22)10-8-18)21-23-24-25-28(21)12-11-17-5-3-2-4-6-17;/h2-10,20H,11-16H2,1H3;1H4/i;1D. The number of tetrazole rings is 1. The highest BCUT2D eigenvalue weighted by molar-refractivity contribution is 5.25. The fourth-order valence-corrected chi connectivity index (χ4v) is 3.69. The van der Waals surface area contributed by atoms with Crippen molar-refractivity contribution < 1.29 is 5.76 Å². The first-order valence-electron chi connectivity index (χ1n) is 10.7. The van der Waals surface area contributed by atoms with E-state index in [1.807, 2.05) is 35.0 Å². The van der Waals surface area contributed by atoms with Crippen LogP contribution in [0.25, 0.3) is 0 Å². The molecule has 2 heterocycles. The number of rotatable bonds is 6. The van der Waals surface area contributed by atoms with Crippen LogP contribution in [-0.2, 0) is 13.0 Å². The molecule has 0 saturated carbocycles. The molecule has 0 N–H and O–H groups in total. The Morgan fingerprint density at radius 1 is 1.03 bits per heavy atom. The molecule has 3 aromatic rings. The maximum absolute atomic E-state index is 13.5.